The number of halogens is 2. The van der Waals surface area contributed by atoms with Crippen molar-refractivity contribution in [2.45, 2.75) is 18.4 Å². The number of nitrogens with zero attached hydrogens (tertiary/aromatic N) is 4. The number of benzene rings is 2. The van der Waals surface area contributed by atoms with Gasteiger partial charge in [0.05, 0.1) is 30.5 Å². The van der Waals surface area contributed by atoms with Crippen molar-refractivity contribution in [1.82, 2.24) is 15.1 Å². The molecule has 0 aliphatic carbocycles. The van der Waals surface area contributed by atoms with Crippen LogP contribution < -0.4 is 10.2 Å². The van der Waals surface area contributed by atoms with Gasteiger partial charge in [0.15, 0.2) is 0 Å². The van der Waals surface area contributed by atoms with Crippen LogP contribution in [-0.4, -0.2) is 72.6 Å². The molecule has 12 heteroatoms. The maximum absolute atomic E-state index is 14.1. The lowest BCUT2D eigenvalue weighted by Crippen LogP contribution is -2.54. The van der Waals surface area contributed by atoms with E-state index in [1.165, 1.54) is 35.0 Å². The number of hydrogen-bond donors (Lipinski definition) is 1. The third-order valence-corrected chi connectivity index (χ3v) is 7.02. The number of ether oxygens (including phenoxy) is 1. The molecule has 2 aromatic carbocycles. The van der Waals surface area contributed by atoms with Crippen molar-refractivity contribution in [2.75, 3.05) is 38.2 Å². The zero-order valence-corrected chi connectivity index (χ0v) is 21.5. The average Bonchev–Trinajstić information content (AvgIpc) is 3.35. The average molecular weight is 544 g/mol. The maximum atomic E-state index is 14.1. The predicted octanol–water partition coefficient (Wildman–Crippen LogP) is 3.37. The van der Waals surface area contributed by atoms with E-state index in [1.54, 1.807) is 31.2 Å². The number of rotatable bonds is 5. The number of imide groups is 1. The standard InChI is InChI=1S/C25H23Cl2N5O5/c1-3-37-21(33)12-29-23(35)31-13-20(16-6-4-15(11-28)5-7-16)25(14-31)22(34)32(24(36)30(25)2)19-9-17(26)8-18(27)10-19/h4-10,20H,3,12-14H2,1-2H3,(H,29,35)/t20-,25+/m0/s1. The molecule has 4 rings (SSSR count). The van der Waals surface area contributed by atoms with E-state index < -0.39 is 35.4 Å². The third kappa shape index (κ3) is 4.68. The van der Waals surface area contributed by atoms with E-state index in [0.29, 0.717) is 11.1 Å². The molecule has 2 fully saturated rings. The highest BCUT2D eigenvalue weighted by Crippen LogP contribution is 2.46. The van der Waals surface area contributed by atoms with E-state index in [4.69, 9.17) is 27.9 Å². The lowest BCUT2D eigenvalue weighted by atomic mass is 9.80. The number of likely N-dealkylation sites (N-methyl/N-ethyl adjacent to an activating group) is 1. The van der Waals surface area contributed by atoms with Gasteiger partial charge in [-0.05, 0) is 42.8 Å². The molecule has 2 saturated heterocycles. The maximum Gasteiger partial charge on any atom is 0.332 e. The van der Waals surface area contributed by atoms with Crippen LogP contribution in [0.5, 0.6) is 0 Å². The van der Waals surface area contributed by atoms with E-state index in [0.717, 1.165) is 4.90 Å². The van der Waals surface area contributed by atoms with Gasteiger partial charge < -0.3 is 19.9 Å². The van der Waals surface area contributed by atoms with Gasteiger partial charge in [0.1, 0.15) is 12.1 Å². The van der Waals surface area contributed by atoms with Crippen molar-refractivity contribution in [1.29, 1.82) is 5.26 Å². The molecule has 2 heterocycles. The van der Waals surface area contributed by atoms with E-state index in [-0.39, 0.29) is 42.0 Å². The van der Waals surface area contributed by atoms with E-state index in [2.05, 4.69) is 11.4 Å². The minimum Gasteiger partial charge on any atom is -0.465 e. The Morgan fingerprint density at radius 2 is 1.81 bits per heavy atom. The fraction of sp³-hybridized carbons (Fsp3) is 0.320. The molecule has 10 nitrogen and oxygen atoms in total. The minimum absolute atomic E-state index is 0.0774. The first-order chi connectivity index (χ1) is 17.6. The molecule has 2 atom stereocenters. The molecule has 0 radical (unpaired) electrons. The summed E-state index contributed by atoms with van der Waals surface area (Å²) in [5.74, 6) is -1.77. The Bertz CT molecular complexity index is 1290. The normalized spacial score (nSPS) is 20.9. The zero-order valence-electron chi connectivity index (χ0n) is 20.0. The van der Waals surface area contributed by atoms with Crippen LogP contribution in [0.2, 0.25) is 10.0 Å². The van der Waals surface area contributed by atoms with Gasteiger partial charge in [-0.3, -0.25) is 9.59 Å². The number of hydrogen-bond acceptors (Lipinski definition) is 6. The summed E-state index contributed by atoms with van der Waals surface area (Å²) in [4.78, 5) is 56.0. The van der Waals surface area contributed by atoms with Crippen LogP contribution in [0.25, 0.3) is 0 Å². The summed E-state index contributed by atoms with van der Waals surface area (Å²) in [6.07, 6.45) is 0. The van der Waals surface area contributed by atoms with Gasteiger partial charge in [0.2, 0.25) is 0 Å². The Kier molecular flexibility index (Phi) is 7.30. The van der Waals surface area contributed by atoms with Crippen LogP contribution >= 0.6 is 23.2 Å². The highest BCUT2D eigenvalue weighted by molar-refractivity contribution is 6.35. The van der Waals surface area contributed by atoms with Gasteiger partial charge in [0.25, 0.3) is 5.91 Å². The zero-order chi connectivity index (χ0) is 26.9. The summed E-state index contributed by atoms with van der Waals surface area (Å²) in [7, 11) is 1.50. The van der Waals surface area contributed by atoms with Crippen LogP contribution in [0.1, 0.15) is 24.0 Å². The Morgan fingerprint density at radius 1 is 1.16 bits per heavy atom. The number of urea groups is 2. The molecule has 1 spiro atoms. The largest absolute Gasteiger partial charge is 0.465 e. The van der Waals surface area contributed by atoms with Crippen molar-refractivity contribution < 1.29 is 23.9 Å². The van der Waals surface area contributed by atoms with Gasteiger partial charge in [0, 0.05) is 29.6 Å². The number of carbonyl (C=O) groups excluding carboxylic acids is 4. The summed E-state index contributed by atoms with van der Waals surface area (Å²) < 4.78 is 4.86. The number of likely N-dealkylation sites (tertiary alicyclic amines) is 1. The van der Waals surface area contributed by atoms with Crippen molar-refractivity contribution in [3.05, 3.63) is 63.6 Å². The number of carbonyl (C=O) groups is 4. The molecule has 0 aromatic heterocycles. The number of anilines is 1. The number of nitriles is 1. The van der Waals surface area contributed by atoms with Crippen molar-refractivity contribution in [2.24, 2.45) is 0 Å². The van der Waals surface area contributed by atoms with Gasteiger partial charge >= 0.3 is 18.0 Å². The van der Waals surface area contributed by atoms with Crippen LogP contribution in [-0.2, 0) is 14.3 Å². The van der Waals surface area contributed by atoms with Gasteiger partial charge in [-0.1, -0.05) is 35.3 Å². The smallest absolute Gasteiger partial charge is 0.332 e. The highest BCUT2D eigenvalue weighted by atomic mass is 35.5. The Hall–Kier alpha value is -3.81. The Morgan fingerprint density at radius 3 is 2.41 bits per heavy atom. The molecule has 0 bridgehead atoms. The molecule has 2 aliphatic heterocycles. The molecular formula is C25H23Cl2N5O5. The van der Waals surface area contributed by atoms with Crippen molar-refractivity contribution >= 4 is 52.8 Å². The first-order valence-electron chi connectivity index (χ1n) is 11.4. The second-order valence-electron chi connectivity index (χ2n) is 8.66. The van der Waals surface area contributed by atoms with Crippen molar-refractivity contribution in [3.63, 3.8) is 0 Å². The molecule has 0 saturated carbocycles. The fourth-order valence-corrected chi connectivity index (χ4v) is 5.35. The Balaban J connectivity index is 1.73. The first kappa shape index (κ1) is 26.3. The van der Waals surface area contributed by atoms with Crippen LogP contribution in [0, 0.1) is 11.3 Å². The topological polar surface area (TPSA) is 123 Å². The number of esters is 1. The van der Waals surface area contributed by atoms with E-state index in [1.807, 2.05) is 0 Å². The summed E-state index contributed by atoms with van der Waals surface area (Å²) in [6.45, 7) is 1.44. The summed E-state index contributed by atoms with van der Waals surface area (Å²) in [6, 6.07) is 11.9. The first-order valence-corrected chi connectivity index (χ1v) is 12.1. The highest BCUT2D eigenvalue weighted by Gasteiger charge is 2.65. The lowest BCUT2D eigenvalue weighted by Gasteiger charge is -2.33. The monoisotopic (exact) mass is 543 g/mol. The summed E-state index contributed by atoms with van der Waals surface area (Å²) >= 11 is 12.3. The number of nitrogens with one attached hydrogen (secondary N) is 1. The van der Waals surface area contributed by atoms with Crippen LogP contribution in [0.3, 0.4) is 0 Å². The van der Waals surface area contributed by atoms with Gasteiger partial charge in [-0.2, -0.15) is 5.26 Å². The van der Waals surface area contributed by atoms with Gasteiger partial charge in [-0.15, -0.1) is 0 Å². The molecule has 5 amide bonds. The summed E-state index contributed by atoms with van der Waals surface area (Å²) in [5, 5.41) is 12.2. The number of amides is 5. The van der Waals surface area contributed by atoms with E-state index >= 15 is 0 Å². The second kappa shape index (κ2) is 10.3. The molecular weight excluding hydrogens is 521 g/mol. The molecule has 2 aliphatic rings. The summed E-state index contributed by atoms with van der Waals surface area (Å²) in [5.41, 5.74) is -0.155. The lowest BCUT2D eigenvalue weighted by molar-refractivity contribution is -0.141. The van der Waals surface area contributed by atoms with E-state index in [9.17, 15) is 24.4 Å². The predicted molar refractivity (Wildman–Crippen MR) is 135 cm³/mol. The third-order valence-electron chi connectivity index (χ3n) is 6.59. The quantitative estimate of drug-likeness (QED) is 0.455. The van der Waals surface area contributed by atoms with Crippen molar-refractivity contribution in [3.8, 4) is 6.07 Å². The van der Waals surface area contributed by atoms with Gasteiger partial charge in [-0.25, -0.2) is 14.5 Å². The Labute approximate surface area is 223 Å². The molecule has 2 aromatic rings. The molecule has 37 heavy (non-hydrogen) atoms. The second-order valence-corrected chi connectivity index (χ2v) is 9.54. The molecule has 1 N–H and O–H groups in total. The van der Waals surface area contributed by atoms with Crippen LogP contribution in [0.4, 0.5) is 15.3 Å². The molecule has 0 unspecified atom stereocenters. The fourth-order valence-electron chi connectivity index (χ4n) is 4.83. The minimum atomic E-state index is -1.46. The SMILES string of the molecule is CCOC(=O)CNC(=O)N1C[C@@H](c2ccc(C#N)cc2)[C@]2(C1)C(=O)N(c1cc(Cl)cc(Cl)c1)C(=O)N2C. The van der Waals surface area contributed by atoms with Crippen LogP contribution in [0.15, 0.2) is 42.5 Å². The molecule has 192 valence electrons.